The van der Waals surface area contributed by atoms with Gasteiger partial charge in [-0.15, -0.1) is 0 Å². The van der Waals surface area contributed by atoms with E-state index < -0.39 is 5.82 Å². The predicted molar refractivity (Wildman–Crippen MR) is 38.6 cm³/mol. The largest absolute Gasteiger partial charge is 0.313 e. The number of aryl methyl sites for hydroxylation is 1. The number of hydrogen-bond donors (Lipinski definition) is 1. The molecule has 0 atom stereocenters. The molecular formula is C7H7FN2O. The van der Waals surface area contributed by atoms with Crippen molar-refractivity contribution in [2.45, 2.75) is 6.92 Å². The first kappa shape index (κ1) is 7.65. The number of aromatic nitrogens is 1. The van der Waals surface area contributed by atoms with Crippen molar-refractivity contribution < 1.29 is 9.18 Å². The predicted octanol–water partition coefficient (Wildman–Crippen LogP) is 1.10. The molecule has 0 fully saturated rings. The zero-order valence-electron chi connectivity index (χ0n) is 5.97. The van der Waals surface area contributed by atoms with E-state index in [0.717, 1.165) is 6.20 Å². The number of hydrogen-bond acceptors (Lipinski definition) is 2. The number of carbonyl (C=O) groups is 1. The maximum absolute atomic E-state index is 12.4. The topological polar surface area (TPSA) is 42.0 Å². The number of anilines is 1. The van der Waals surface area contributed by atoms with Crippen molar-refractivity contribution in [3.8, 4) is 0 Å². The highest BCUT2D eigenvalue weighted by molar-refractivity contribution is 5.70. The van der Waals surface area contributed by atoms with Crippen molar-refractivity contribution in [2.24, 2.45) is 0 Å². The fraction of sp³-hybridized carbons (Fsp3) is 0.143. The Morgan fingerprint density at radius 3 is 3.00 bits per heavy atom. The van der Waals surface area contributed by atoms with Crippen LogP contribution in [0.3, 0.4) is 0 Å². The van der Waals surface area contributed by atoms with Crippen LogP contribution in [0.15, 0.2) is 12.3 Å². The van der Waals surface area contributed by atoms with E-state index in [1.807, 2.05) is 0 Å². The highest BCUT2D eigenvalue weighted by Crippen LogP contribution is 2.10. The molecule has 0 saturated carbocycles. The third kappa shape index (κ3) is 1.73. The van der Waals surface area contributed by atoms with Gasteiger partial charge in [-0.1, -0.05) is 0 Å². The van der Waals surface area contributed by atoms with Crippen molar-refractivity contribution in [2.75, 3.05) is 5.32 Å². The average molecular weight is 154 g/mol. The first-order chi connectivity index (χ1) is 5.24. The number of nitrogens with zero attached hydrogens (tertiary/aromatic N) is 1. The molecule has 0 radical (unpaired) electrons. The van der Waals surface area contributed by atoms with E-state index in [1.165, 1.54) is 6.07 Å². The van der Waals surface area contributed by atoms with Crippen LogP contribution < -0.4 is 5.32 Å². The van der Waals surface area contributed by atoms with Crippen LogP contribution in [0.1, 0.15) is 5.56 Å². The molecule has 1 heterocycles. The van der Waals surface area contributed by atoms with Gasteiger partial charge in [0.1, 0.15) is 11.6 Å². The number of rotatable bonds is 2. The fourth-order valence-electron chi connectivity index (χ4n) is 0.747. The molecular weight excluding hydrogens is 147 g/mol. The van der Waals surface area contributed by atoms with Crippen LogP contribution in [0.2, 0.25) is 0 Å². The van der Waals surface area contributed by atoms with Gasteiger partial charge in [0.15, 0.2) is 0 Å². The molecule has 0 aromatic carbocycles. The van der Waals surface area contributed by atoms with Crippen molar-refractivity contribution in [1.82, 2.24) is 4.98 Å². The van der Waals surface area contributed by atoms with Gasteiger partial charge in [-0.05, 0) is 18.6 Å². The van der Waals surface area contributed by atoms with Gasteiger partial charge in [-0.3, -0.25) is 4.79 Å². The Hall–Kier alpha value is -1.45. The molecule has 0 unspecified atom stereocenters. The molecule has 0 spiro atoms. The van der Waals surface area contributed by atoms with E-state index in [2.05, 4.69) is 10.3 Å². The summed E-state index contributed by atoms with van der Waals surface area (Å²) in [6.07, 6.45) is 1.56. The second-order valence-corrected chi connectivity index (χ2v) is 2.08. The van der Waals surface area contributed by atoms with Gasteiger partial charge in [0.25, 0.3) is 0 Å². The van der Waals surface area contributed by atoms with Crippen LogP contribution in [0.25, 0.3) is 0 Å². The SMILES string of the molecule is Cc1cc(F)cnc1NC=O. The van der Waals surface area contributed by atoms with Crippen LogP contribution in [0.5, 0.6) is 0 Å². The molecule has 0 saturated heterocycles. The van der Waals surface area contributed by atoms with Crippen LogP contribution in [-0.4, -0.2) is 11.4 Å². The molecule has 1 aromatic rings. The van der Waals surface area contributed by atoms with Crippen LogP contribution in [-0.2, 0) is 4.79 Å². The number of halogens is 1. The first-order valence-electron chi connectivity index (χ1n) is 3.06. The molecule has 3 nitrogen and oxygen atoms in total. The van der Waals surface area contributed by atoms with Crippen molar-refractivity contribution >= 4 is 12.2 Å². The molecule has 1 N–H and O–H groups in total. The van der Waals surface area contributed by atoms with E-state index >= 15 is 0 Å². The summed E-state index contributed by atoms with van der Waals surface area (Å²) in [5.74, 6) is -0.0136. The molecule has 1 rings (SSSR count). The lowest BCUT2D eigenvalue weighted by molar-refractivity contribution is -0.105. The third-order valence-electron chi connectivity index (χ3n) is 1.24. The Morgan fingerprint density at radius 2 is 2.45 bits per heavy atom. The van der Waals surface area contributed by atoms with Crippen molar-refractivity contribution in [3.63, 3.8) is 0 Å². The second kappa shape index (κ2) is 3.09. The molecule has 1 aromatic heterocycles. The van der Waals surface area contributed by atoms with E-state index in [4.69, 9.17) is 0 Å². The Morgan fingerprint density at radius 1 is 1.73 bits per heavy atom. The maximum Gasteiger partial charge on any atom is 0.212 e. The molecule has 4 heteroatoms. The number of pyridine rings is 1. The normalized spacial score (nSPS) is 9.27. The van der Waals surface area contributed by atoms with E-state index in [0.29, 0.717) is 17.8 Å². The molecule has 0 aliphatic heterocycles. The second-order valence-electron chi connectivity index (χ2n) is 2.08. The zero-order chi connectivity index (χ0) is 8.27. The standard InChI is InChI=1S/C7H7FN2O/c1-5-2-6(8)3-9-7(5)10-4-11/h2-4H,1H3,(H,9,10,11). The van der Waals surface area contributed by atoms with Crippen molar-refractivity contribution in [1.29, 1.82) is 0 Å². The van der Waals surface area contributed by atoms with Crippen molar-refractivity contribution in [3.05, 3.63) is 23.6 Å². The lowest BCUT2D eigenvalue weighted by Gasteiger charge is -2.00. The Balaban J connectivity index is 2.98. The van der Waals surface area contributed by atoms with E-state index in [9.17, 15) is 9.18 Å². The number of carbonyl (C=O) groups excluding carboxylic acids is 1. The van der Waals surface area contributed by atoms with E-state index in [-0.39, 0.29) is 0 Å². The average Bonchev–Trinajstić information content (AvgIpc) is 1.95. The monoisotopic (exact) mass is 154 g/mol. The summed E-state index contributed by atoms with van der Waals surface area (Å²) < 4.78 is 12.4. The minimum absolute atomic E-state index is 0.390. The van der Waals surface area contributed by atoms with Gasteiger partial charge in [0.05, 0.1) is 6.20 Å². The van der Waals surface area contributed by atoms with Crippen LogP contribution in [0, 0.1) is 12.7 Å². The summed E-state index contributed by atoms with van der Waals surface area (Å²) in [6, 6.07) is 1.30. The van der Waals surface area contributed by atoms with Gasteiger partial charge in [0.2, 0.25) is 6.41 Å². The van der Waals surface area contributed by atoms with Gasteiger partial charge in [-0.2, -0.15) is 0 Å². The highest BCUT2D eigenvalue weighted by Gasteiger charge is 1.98. The zero-order valence-corrected chi connectivity index (χ0v) is 5.97. The Kier molecular flexibility index (Phi) is 2.15. The summed E-state index contributed by atoms with van der Waals surface area (Å²) in [4.78, 5) is 13.6. The highest BCUT2D eigenvalue weighted by atomic mass is 19.1. The quantitative estimate of drug-likeness (QED) is 0.648. The summed E-state index contributed by atoms with van der Waals surface area (Å²) >= 11 is 0. The number of amides is 1. The van der Waals surface area contributed by atoms with Gasteiger partial charge in [0, 0.05) is 0 Å². The fourth-order valence-corrected chi connectivity index (χ4v) is 0.747. The van der Waals surface area contributed by atoms with Gasteiger partial charge < -0.3 is 5.32 Å². The Labute approximate surface area is 63.3 Å². The molecule has 0 aliphatic carbocycles. The third-order valence-corrected chi connectivity index (χ3v) is 1.24. The lowest BCUT2D eigenvalue weighted by atomic mass is 10.3. The summed E-state index contributed by atoms with van der Waals surface area (Å²) in [7, 11) is 0. The van der Waals surface area contributed by atoms with Crippen LogP contribution in [0.4, 0.5) is 10.2 Å². The van der Waals surface area contributed by atoms with E-state index in [1.54, 1.807) is 6.92 Å². The smallest absolute Gasteiger partial charge is 0.212 e. The lowest BCUT2D eigenvalue weighted by Crippen LogP contribution is -1.99. The summed E-state index contributed by atoms with van der Waals surface area (Å²) in [5, 5.41) is 2.34. The molecule has 58 valence electrons. The maximum atomic E-state index is 12.4. The first-order valence-corrected chi connectivity index (χ1v) is 3.06. The molecule has 0 aliphatic rings. The summed E-state index contributed by atoms with van der Waals surface area (Å²) in [6.45, 7) is 1.67. The minimum Gasteiger partial charge on any atom is -0.313 e. The molecule has 0 bridgehead atoms. The van der Waals surface area contributed by atoms with Gasteiger partial charge >= 0.3 is 0 Å². The number of nitrogens with one attached hydrogen (secondary N) is 1. The Bertz CT molecular complexity index is 275. The van der Waals surface area contributed by atoms with Gasteiger partial charge in [-0.25, -0.2) is 9.37 Å². The van der Waals surface area contributed by atoms with Crippen LogP contribution >= 0.6 is 0 Å². The molecule has 11 heavy (non-hydrogen) atoms. The minimum atomic E-state index is -0.404. The molecule has 1 amide bonds. The summed E-state index contributed by atoms with van der Waals surface area (Å²) in [5.41, 5.74) is 0.608.